The Labute approximate surface area is 152 Å². The van der Waals surface area contributed by atoms with Crippen LogP contribution in [0.2, 0.25) is 0 Å². The molecular formula is C16H27N7O3. The van der Waals surface area contributed by atoms with Crippen LogP contribution in [0.4, 0.5) is 4.79 Å². The van der Waals surface area contributed by atoms with Gasteiger partial charge >= 0.3 is 6.03 Å². The van der Waals surface area contributed by atoms with Gasteiger partial charge in [0.05, 0.1) is 5.60 Å². The molecule has 0 spiro atoms. The number of piperidine rings is 1. The van der Waals surface area contributed by atoms with E-state index in [-0.39, 0.29) is 25.0 Å². The molecule has 1 aromatic rings. The van der Waals surface area contributed by atoms with Gasteiger partial charge in [0, 0.05) is 32.7 Å². The molecule has 2 saturated heterocycles. The second-order valence-corrected chi connectivity index (χ2v) is 7.13. The Bertz CT molecular complexity index is 603. The van der Waals surface area contributed by atoms with Gasteiger partial charge in [-0.3, -0.25) is 4.79 Å². The number of hydrogen-bond donors (Lipinski definition) is 2. The fourth-order valence-electron chi connectivity index (χ4n) is 3.54. The first kappa shape index (κ1) is 18.6. The van der Waals surface area contributed by atoms with Crippen molar-refractivity contribution in [1.82, 2.24) is 35.3 Å². The number of hydrogen-bond acceptors (Lipinski definition) is 6. The molecule has 0 unspecified atom stereocenters. The molecule has 2 fully saturated rings. The van der Waals surface area contributed by atoms with Gasteiger partial charge in [-0.05, 0) is 43.7 Å². The van der Waals surface area contributed by atoms with Gasteiger partial charge in [-0.25, -0.2) is 4.79 Å². The number of nitrogens with zero attached hydrogens (tertiary/aromatic N) is 6. The molecule has 3 heterocycles. The van der Waals surface area contributed by atoms with Gasteiger partial charge < -0.3 is 20.2 Å². The Hall–Kier alpha value is -2.23. The average molecular weight is 365 g/mol. The molecule has 0 aliphatic carbocycles. The molecule has 1 atom stereocenters. The van der Waals surface area contributed by atoms with E-state index in [1.165, 1.54) is 17.5 Å². The minimum Gasteiger partial charge on any atom is -0.388 e. The van der Waals surface area contributed by atoms with Gasteiger partial charge in [-0.1, -0.05) is 0 Å². The molecule has 3 rings (SSSR count). The van der Waals surface area contributed by atoms with Gasteiger partial charge in [0.2, 0.25) is 5.91 Å². The summed E-state index contributed by atoms with van der Waals surface area (Å²) in [5.74, 6) is -0.0930. The first-order valence-electron chi connectivity index (χ1n) is 9.29. The standard InChI is InChI=1S/C16H27N7O3/c24-14(11-23-19-13-18-20-23)21-9-4-5-16(26,6-10-21)12-17-15(25)22-7-2-1-3-8-22/h13,26H,1-12H2,(H,17,25)/t16-/m0/s1. The number of likely N-dealkylation sites (tertiary alicyclic amines) is 2. The summed E-state index contributed by atoms with van der Waals surface area (Å²) in [5.41, 5.74) is -0.980. The Morgan fingerprint density at radius 1 is 1.04 bits per heavy atom. The number of tetrazole rings is 1. The molecule has 1 aromatic heterocycles. The minimum atomic E-state index is -0.980. The molecule has 144 valence electrons. The molecule has 0 bridgehead atoms. The summed E-state index contributed by atoms with van der Waals surface area (Å²) < 4.78 is 0. The van der Waals surface area contributed by atoms with Crippen molar-refractivity contribution in [3.05, 3.63) is 6.33 Å². The normalized spacial score (nSPS) is 24.2. The fourth-order valence-corrected chi connectivity index (χ4v) is 3.54. The highest BCUT2D eigenvalue weighted by atomic mass is 16.3. The van der Waals surface area contributed by atoms with E-state index < -0.39 is 5.60 Å². The smallest absolute Gasteiger partial charge is 0.317 e. The van der Waals surface area contributed by atoms with Crippen LogP contribution >= 0.6 is 0 Å². The van der Waals surface area contributed by atoms with Gasteiger partial charge in [0.15, 0.2) is 6.33 Å². The monoisotopic (exact) mass is 365 g/mol. The third kappa shape index (κ3) is 4.90. The highest BCUT2D eigenvalue weighted by Crippen LogP contribution is 2.22. The summed E-state index contributed by atoms with van der Waals surface area (Å²) in [6.07, 6.45) is 6.21. The van der Waals surface area contributed by atoms with Crippen LogP contribution in [0, 0.1) is 0 Å². The van der Waals surface area contributed by atoms with Crippen LogP contribution in [0.5, 0.6) is 0 Å². The minimum absolute atomic E-state index is 0.0458. The Balaban J connectivity index is 1.47. The maximum atomic E-state index is 12.3. The van der Waals surface area contributed by atoms with Crippen molar-refractivity contribution >= 4 is 11.9 Å². The summed E-state index contributed by atoms with van der Waals surface area (Å²) in [7, 11) is 0. The molecule has 10 nitrogen and oxygen atoms in total. The van der Waals surface area contributed by atoms with Crippen LogP contribution in [0.25, 0.3) is 0 Å². The van der Waals surface area contributed by atoms with E-state index in [4.69, 9.17) is 0 Å². The maximum Gasteiger partial charge on any atom is 0.317 e. The lowest BCUT2D eigenvalue weighted by Crippen LogP contribution is -2.49. The number of carbonyl (C=O) groups is 2. The number of urea groups is 1. The molecule has 2 aliphatic heterocycles. The summed E-state index contributed by atoms with van der Waals surface area (Å²) in [6.45, 7) is 2.85. The summed E-state index contributed by atoms with van der Waals surface area (Å²) in [6, 6.07) is -0.104. The molecule has 0 saturated carbocycles. The lowest BCUT2D eigenvalue weighted by Gasteiger charge is -2.31. The maximum absolute atomic E-state index is 12.3. The summed E-state index contributed by atoms with van der Waals surface area (Å²) in [4.78, 5) is 29.4. The fraction of sp³-hybridized carbons (Fsp3) is 0.812. The van der Waals surface area contributed by atoms with Crippen molar-refractivity contribution in [2.75, 3.05) is 32.7 Å². The zero-order valence-corrected chi connectivity index (χ0v) is 15.0. The number of carbonyl (C=O) groups excluding carboxylic acids is 2. The van der Waals surface area contributed by atoms with Crippen molar-refractivity contribution in [3.8, 4) is 0 Å². The van der Waals surface area contributed by atoms with E-state index in [1.54, 1.807) is 4.90 Å². The SMILES string of the molecule is O=C(Cn1ncnn1)N1CCC[C@@](O)(CNC(=O)N2CCCCC2)CC1. The van der Waals surface area contributed by atoms with Crippen LogP contribution in [0.1, 0.15) is 38.5 Å². The van der Waals surface area contributed by atoms with Crippen LogP contribution in [-0.2, 0) is 11.3 Å². The quantitative estimate of drug-likeness (QED) is 0.751. The van der Waals surface area contributed by atoms with Crippen LogP contribution in [0.15, 0.2) is 6.33 Å². The Kier molecular flexibility index (Phi) is 6.02. The molecule has 2 aliphatic rings. The van der Waals surface area contributed by atoms with E-state index in [0.29, 0.717) is 32.4 Å². The number of aliphatic hydroxyl groups is 1. The van der Waals surface area contributed by atoms with Crippen LogP contribution < -0.4 is 5.32 Å². The predicted octanol–water partition coefficient (Wildman–Crippen LogP) is -0.388. The molecule has 2 N–H and O–H groups in total. The summed E-state index contributed by atoms with van der Waals surface area (Å²) >= 11 is 0. The van der Waals surface area contributed by atoms with E-state index in [1.807, 2.05) is 4.90 Å². The lowest BCUT2D eigenvalue weighted by molar-refractivity contribution is -0.132. The molecule has 3 amide bonds. The number of aromatic nitrogens is 4. The number of amides is 3. The van der Waals surface area contributed by atoms with E-state index in [2.05, 4.69) is 20.7 Å². The van der Waals surface area contributed by atoms with E-state index in [0.717, 1.165) is 25.9 Å². The zero-order chi connectivity index (χ0) is 18.4. The van der Waals surface area contributed by atoms with E-state index in [9.17, 15) is 14.7 Å². The van der Waals surface area contributed by atoms with Crippen LogP contribution in [-0.4, -0.2) is 85.4 Å². The second kappa shape index (κ2) is 8.43. The number of nitrogens with one attached hydrogen (secondary N) is 1. The van der Waals surface area contributed by atoms with E-state index >= 15 is 0 Å². The number of rotatable bonds is 4. The second-order valence-electron chi connectivity index (χ2n) is 7.13. The van der Waals surface area contributed by atoms with Crippen molar-refractivity contribution in [2.24, 2.45) is 0 Å². The molecular weight excluding hydrogens is 338 g/mol. The van der Waals surface area contributed by atoms with Crippen LogP contribution in [0.3, 0.4) is 0 Å². The first-order valence-corrected chi connectivity index (χ1v) is 9.29. The van der Waals surface area contributed by atoms with Crippen molar-refractivity contribution in [3.63, 3.8) is 0 Å². The average Bonchev–Trinajstić information content (AvgIpc) is 3.08. The first-order chi connectivity index (χ1) is 12.6. The highest BCUT2D eigenvalue weighted by molar-refractivity contribution is 5.76. The molecule has 0 radical (unpaired) electrons. The molecule has 10 heteroatoms. The molecule has 0 aromatic carbocycles. The van der Waals surface area contributed by atoms with Gasteiger partial charge in [0.1, 0.15) is 6.54 Å². The van der Waals surface area contributed by atoms with Crippen molar-refractivity contribution in [2.45, 2.75) is 50.7 Å². The van der Waals surface area contributed by atoms with Crippen molar-refractivity contribution < 1.29 is 14.7 Å². The van der Waals surface area contributed by atoms with Crippen molar-refractivity contribution in [1.29, 1.82) is 0 Å². The predicted molar refractivity (Wildman–Crippen MR) is 92.0 cm³/mol. The highest BCUT2D eigenvalue weighted by Gasteiger charge is 2.32. The van der Waals surface area contributed by atoms with Gasteiger partial charge in [-0.2, -0.15) is 4.80 Å². The largest absolute Gasteiger partial charge is 0.388 e. The van der Waals surface area contributed by atoms with Gasteiger partial charge in [0.25, 0.3) is 0 Å². The Morgan fingerprint density at radius 3 is 2.54 bits per heavy atom. The third-order valence-electron chi connectivity index (χ3n) is 5.15. The lowest BCUT2D eigenvalue weighted by atomic mass is 9.95. The Morgan fingerprint density at radius 2 is 1.81 bits per heavy atom. The summed E-state index contributed by atoms with van der Waals surface area (Å²) in [5, 5.41) is 24.8. The topological polar surface area (TPSA) is 116 Å². The van der Waals surface area contributed by atoms with Gasteiger partial charge in [-0.15, -0.1) is 10.2 Å². The molecule has 26 heavy (non-hydrogen) atoms. The zero-order valence-electron chi connectivity index (χ0n) is 15.0. The third-order valence-corrected chi connectivity index (χ3v) is 5.15.